The lowest BCUT2D eigenvalue weighted by molar-refractivity contribution is -0.152. The van der Waals surface area contributed by atoms with Crippen molar-refractivity contribution in [2.75, 3.05) is 13.2 Å². The van der Waals surface area contributed by atoms with Crippen molar-refractivity contribution in [3.05, 3.63) is 77.6 Å². The largest absolute Gasteiger partial charge is 0.453 e. The van der Waals surface area contributed by atoms with Gasteiger partial charge in [-0.2, -0.15) is 13.2 Å². The number of tetrazole rings is 1. The van der Waals surface area contributed by atoms with Gasteiger partial charge in [-0.05, 0) is 28.8 Å². The summed E-state index contributed by atoms with van der Waals surface area (Å²) >= 11 is 0. The summed E-state index contributed by atoms with van der Waals surface area (Å²) in [6.45, 7) is 3.27. The van der Waals surface area contributed by atoms with Gasteiger partial charge < -0.3 is 10.1 Å². The lowest BCUT2D eigenvalue weighted by Crippen LogP contribution is -2.64. The van der Waals surface area contributed by atoms with Gasteiger partial charge >= 0.3 is 6.18 Å². The maximum atomic E-state index is 13.5. The quantitative estimate of drug-likeness (QED) is 0.444. The SMILES string of the molecule is CCCO[C@]1(c2ccccc2)NCC(n2nnnc2C(F)(F)F)C[C@@H]1NCc1ccccc1.Cl.Cl. The zero-order valence-electron chi connectivity index (χ0n) is 19.1. The van der Waals surface area contributed by atoms with Gasteiger partial charge in [0.05, 0.1) is 12.1 Å². The molecule has 7 nitrogen and oxygen atoms in total. The molecule has 35 heavy (non-hydrogen) atoms. The highest BCUT2D eigenvalue weighted by molar-refractivity contribution is 5.85. The Balaban J connectivity index is 0.00000216. The molecule has 1 unspecified atom stereocenters. The second-order valence-corrected chi connectivity index (χ2v) is 8.08. The van der Waals surface area contributed by atoms with E-state index in [1.807, 2.05) is 67.6 Å². The van der Waals surface area contributed by atoms with Crippen LogP contribution in [0.5, 0.6) is 0 Å². The molecule has 0 amide bonds. The van der Waals surface area contributed by atoms with Crippen LogP contribution in [-0.2, 0) is 23.2 Å². The van der Waals surface area contributed by atoms with Crippen LogP contribution in [0, 0.1) is 0 Å². The first-order chi connectivity index (χ1) is 15.9. The minimum atomic E-state index is -4.64. The molecule has 1 aliphatic heterocycles. The van der Waals surface area contributed by atoms with Crippen molar-refractivity contribution in [3.8, 4) is 0 Å². The average molecular weight is 533 g/mol. The second kappa shape index (κ2) is 12.6. The standard InChI is InChI=1S/C23H27F3N6O.2ClH/c1-2-13-33-22(18-11-7-4-8-12-18)20(27-15-17-9-5-3-6-10-17)14-19(16-28-22)32-21(23(24,25)26)29-30-31-32;;/h3-12,19-20,27-28H,2,13-16H2,1H3;2*1H/t19?,20-,22-;;/m0../s1. The fourth-order valence-electron chi connectivity index (χ4n) is 4.28. The summed E-state index contributed by atoms with van der Waals surface area (Å²) < 4.78 is 47.7. The van der Waals surface area contributed by atoms with Gasteiger partial charge in [-0.3, -0.25) is 5.32 Å². The van der Waals surface area contributed by atoms with E-state index in [-0.39, 0.29) is 37.4 Å². The molecule has 192 valence electrons. The van der Waals surface area contributed by atoms with Crippen LogP contribution in [0.1, 0.15) is 42.8 Å². The first kappa shape index (κ1) is 29.0. The third-order valence-corrected chi connectivity index (χ3v) is 5.82. The molecule has 2 N–H and O–H groups in total. The van der Waals surface area contributed by atoms with Crippen LogP contribution in [0.3, 0.4) is 0 Å². The molecule has 2 aromatic carbocycles. The molecular formula is C23H29Cl2F3N6O. The van der Waals surface area contributed by atoms with Crippen molar-refractivity contribution < 1.29 is 17.9 Å². The number of rotatable bonds is 8. The van der Waals surface area contributed by atoms with Gasteiger partial charge in [0.25, 0.3) is 5.82 Å². The van der Waals surface area contributed by atoms with Crippen LogP contribution in [0.4, 0.5) is 13.2 Å². The zero-order chi connectivity index (χ0) is 23.3. The smallest absolute Gasteiger partial charge is 0.355 e. The monoisotopic (exact) mass is 532 g/mol. The number of hydrogen-bond acceptors (Lipinski definition) is 6. The van der Waals surface area contributed by atoms with Gasteiger partial charge in [0, 0.05) is 25.3 Å². The summed E-state index contributed by atoms with van der Waals surface area (Å²) in [4.78, 5) is 0. The van der Waals surface area contributed by atoms with Gasteiger partial charge in [0.15, 0.2) is 5.72 Å². The molecule has 1 fully saturated rings. The molecule has 3 atom stereocenters. The number of nitrogens with one attached hydrogen (secondary N) is 2. The number of aromatic nitrogens is 4. The summed E-state index contributed by atoms with van der Waals surface area (Å²) in [7, 11) is 0. The molecular weight excluding hydrogens is 504 g/mol. The Morgan fingerprint density at radius 2 is 1.74 bits per heavy atom. The molecule has 1 aromatic heterocycles. The Morgan fingerprint density at radius 3 is 2.37 bits per heavy atom. The summed E-state index contributed by atoms with van der Waals surface area (Å²) in [5.41, 5.74) is 1.07. The van der Waals surface area contributed by atoms with E-state index in [2.05, 4.69) is 26.2 Å². The summed E-state index contributed by atoms with van der Waals surface area (Å²) in [5, 5.41) is 17.1. The van der Waals surface area contributed by atoms with E-state index in [0.29, 0.717) is 19.6 Å². The number of piperidine rings is 1. The maximum Gasteiger partial charge on any atom is 0.453 e. The first-order valence-electron chi connectivity index (χ1n) is 11.0. The van der Waals surface area contributed by atoms with E-state index >= 15 is 0 Å². The highest BCUT2D eigenvalue weighted by Gasteiger charge is 2.48. The highest BCUT2D eigenvalue weighted by atomic mass is 35.5. The summed E-state index contributed by atoms with van der Waals surface area (Å²) in [6.07, 6.45) is -3.49. The molecule has 3 aromatic rings. The molecule has 0 saturated carbocycles. The van der Waals surface area contributed by atoms with Crippen LogP contribution < -0.4 is 10.6 Å². The van der Waals surface area contributed by atoms with Gasteiger partial charge in [-0.25, -0.2) is 4.68 Å². The molecule has 12 heteroatoms. The predicted octanol–water partition coefficient (Wildman–Crippen LogP) is 4.51. The van der Waals surface area contributed by atoms with Gasteiger partial charge in [0.2, 0.25) is 0 Å². The number of nitrogens with zero attached hydrogens (tertiary/aromatic N) is 4. The lowest BCUT2D eigenvalue weighted by Gasteiger charge is -2.47. The topological polar surface area (TPSA) is 76.9 Å². The first-order valence-corrected chi connectivity index (χ1v) is 11.0. The lowest BCUT2D eigenvalue weighted by atomic mass is 9.85. The van der Waals surface area contributed by atoms with Crippen molar-refractivity contribution in [1.82, 2.24) is 30.8 Å². The van der Waals surface area contributed by atoms with E-state index in [4.69, 9.17) is 4.74 Å². The Bertz CT molecular complexity index is 1020. The van der Waals surface area contributed by atoms with Crippen molar-refractivity contribution >= 4 is 24.8 Å². The average Bonchev–Trinajstić information content (AvgIpc) is 3.34. The number of benzene rings is 2. The van der Waals surface area contributed by atoms with Gasteiger partial charge in [-0.1, -0.05) is 67.6 Å². The fraction of sp³-hybridized carbons (Fsp3) is 0.435. The predicted molar refractivity (Wildman–Crippen MR) is 130 cm³/mol. The maximum absolute atomic E-state index is 13.5. The Morgan fingerprint density at radius 1 is 1.09 bits per heavy atom. The fourth-order valence-corrected chi connectivity index (χ4v) is 4.28. The van der Waals surface area contributed by atoms with E-state index < -0.39 is 23.8 Å². The molecule has 0 radical (unpaired) electrons. The van der Waals surface area contributed by atoms with Crippen LogP contribution in [0.25, 0.3) is 0 Å². The highest BCUT2D eigenvalue weighted by Crippen LogP contribution is 2.37. The van der Waals surface area contributed by atoms with Crippen molar-refractivity contribution in [3.63, 3.8) is 0 Å². The van der Waals surface area contributed by atoms with E-state index in [0.717, 1.165) is 22.2 Å². The normalized spacial score (nSPS) is 22.2. The van der Waals surface area contributed by atoms with Gasteiger partial charge in [0.1, 0.15) is 0 Å². The van der Waals surface area contributed by atoms with E-state index in [1.165, 1.54) is 0 Å². The minimum Gasteiger partial charge on any atom is -0.355 e. The molecule has 0 bridgehead atoms. The number of halogens is 5. The number of ether oxygens (including phenoxy) is 1. The van der Waals surface area contributed by atoms with Crippen LogP contribution in [0.15, 0.2) is 60.7 Å². The summed E-state index contributed by atoms with van der Waals surface area (Å²) in [6, 6.07) is 18.6. The van der Waals surface area contributed by atoms with Crippen molar-refractivity contribution in [1.29, 1.82) is 0 Å². The third-order valence-electron chi connectivity index (χ3n) is 5.82. The Labute approximate surface area is 214 Å². The van der Waals surface area contributed by atoms with Crippen LogP contribution >= 0.6 is 24.8 Å². The second-order valence-electron chi connectivity index (χ2n) is 8.08. The minimum absolute atomic E-state index is 0. The number of hydrogen-bond donors (Lipinski definition) is 2. The van der Waals surface area contributed by atoms with Gasteiger partial charge in [-0.15, -0.1) is 29.9 Å². The number of alkyl halides is 3. The molecule has 1 aliphatic rings. The van der Waals surface area contributed by atoms with Crippen LogP contribution in [0.2, 0.25) is 0 Å². The molecule has 2 heterocycles. The Kier molecular flexibility index (Phi) is 10.5. The Hall–Kier alpha value is -2.24. The van der Waals surface area contributed by atoms with E-state index in [9.17, 15) is 13.2 Å². The summed E-state index contributed by atoms with van der Waals surface area (Å²) in [5.74, 6) is -1.10. The van der Waals surface area contributed by atoms with E-state index in [1.54, 1.807) is 0 Å². The van der Waals surface area contributed by atoms with Crippen molar-refractivity contribution in [2.45, 2.75) is 50.3 Å². The van der Waals surface area contributed by atoms with Crippen molar-refractivity contribution in [2.24, 2.45) is 0 Å². The van der Waals surface area contributed by atoms with Crippen LogP contribution in [-0.4, -0.2) is 39.4 Å². The molecule has 4 rings (SSSR count). The zero-order valence-corrected chi connectivity index (χ0v) is 20.7. The molecule has 1 saturated heterocycles. The molecule has 0 aliphatic carbocycles. The molecule has 0 spiro atoms. The third kappa shape index (κ3) is 6.50.